The van der Waals surface area contributed by atoms with E-state index in [4.69, 9.17) is 9.72 Å². The topological polar surface area (TPSA) is 52.0 Å². The summed E-state index contributed by atoms with van der Waals surface area (Å²) in [6, 6.07) is 0. The fraction of sp³-hybridized carbons (Fsp3) is 0.571. The maximum atomic E-state index is 5.76. The highest BCUT2D eigenvalue weighted by Gasteiger charge is 2.21. The molecule has 1 aliphatic heterocycles. The number of rotatable bonds is 3. The molecule has 108 valence electrons. The Labute approximate surface area is 123 Å². The highest BCUT2D eigenvalue weighted by Crippen LogP contribution is 2.31. The summed E-state index contributed by atoms with van der Waals surface area (Å²) in [5, 5.41) is 11.1. The van der Waals surface area contributed by atoms with Crippen LogP contribution in [0.4, 0.5) is 0 Å². The fourth-order valence-electron chi connectivity index (χ4n) is 2.65. The number of thiazole rings is 1. The van der Waals surface area contributed by atoms with Gasteiger partial charge in [0.05, 0.1) is 18.0 Å². The van der Waals surface area contributed by atoms with Crippen molar-refractivity contribution < 1.29 is 4.74 Å². The lowest BCUT2D eigenvalue weighted by Crippen LogP contribution is -2.33. The summed E-state index contributed by atoms with van der Waals surface area (Å²) in [4.78, 5) is 4.77. The van der Waals surface area contributed by atoms with E-state index in [1.54, 1.807) is 11.3 Å². The van der Waals surface area contributed by atoms with Crippen molar-refractivity contribution in [3.05, 3.63) is 21.8 Å². The van der Waals surface area contributed by atoms with Gasteiger partial charge in [0.1, 0.15) is 11.1 Å². The zero-order valence-corrected chi connectivity index (χ0v) is 13.0. The molecule has 0 aliphatic carbocycles. The van der Waals surface area contributed by atoms with Gasteiger partial charge >= 0.3 is 0 Å². The van der Waals surface area contributed by atoms with Crippen LogP contribution in [0.3, 0.4) is 0 Å². The predicted octanol–water partition coefficient (Wildman–Crippen LogP) is 2.30. The molecule has 0 amide bonds. The van der Waals surface area contributed by atoms with E-state index in [1.807, 2.05) is 11.6 Å². The van der Waals surface area contributed by atoms with E-state index in [2.05, 4.69) is 29.6 Å². The molecule has 3 heterocycles. The first-order valence-corrected chi connectivity index (χ1v) is 7.90. The van der Waals surface area contributed by atoms with Gasteiger partial charge in [-0.05, 0) is 20.8 Å². The van der Waals surface area contributed by atoms with Crippen molar-refractivity contribution in [2.75, 3.05) is 19.7 Å². The SMILES string of the molecule is CCn1nc(C)c(-c2csc(C3CNCCO3)n2)c1C. The molecule has 5 nitrogen and oxygen atoms in total. The molecule has 3 rings (SSSR count). The minimum absolute atomic E-state index is 0.0873. The normalized spacial score (nSPS) is 19.4. The molecule has 1 saturated heterocycles. The van der Waals surface area contributed by atoms with Crippen LogP contribution in [0.25, 0.3) is 11.3 Å². The van der Waals surface area contributed by atoms with E-state index in [0.717, 1.165) is 48.2 Å². The molecular weight excluding hydrogens is 272 g/mol. The van der Waals surface area contributed by atoms with Crippen molar-refractivity contribution in [3.8, 4) is 11.3 Å². The van der Waals surface area contributed by atoms with Gasteiger partial charge in [0, 0.05) is 36.3 Å². The monoisotopic (exact) mass is 292 g/mol. The molecule has 0 spiro atoms. The van der Waals surface area contributed by atoms with E-state index < -0.39 is 0 Å². The Morgan fingerprint density at radius 3 is 3.00 bits per heavy atom. The minimum atomic E-state index is 0.0873. The third-order valence-corrected chi connectivity index (χ3v) is 4.60. The first-order valence-electron chi connectivity index (χ1n) is 7.02. The van der Waals surface area contributed by atoms with Crippen LogP contribution < -0.4 is 5.32 Å². The van der Waals surface area contributed by atoms with E-state index in [0.29, 0.717) is 0 Å². The summed E-state index contributed by atoms with van der Waals surface area (Å²) in [6.45, 7) is 9.68. The molecule has 2 aromatic rings. The Morgan fingerprint density at radius 1 is 1.50 bits per heavy atom. The molecule has 20 heavy (non-hydrogen) atoms. The Balaban J connectivity index is 1.91. The first-order chi connectivity index (χ1) is 9.70. The molecule has 1 aliphatic rings. The van der Waals surface area contributed by atoms with Crippen molar-refractivity contribution in [2.45, 2.75) is 33.4 Å². The number of aryl methyl sites for hydroxylation is 2. The Hall–Kier alpha value is -1.24. The van der Waals surface area contributed by atoms with Crippen LogP contribution in [0.2, 0.25) is 0 Å². The van der Waals surface area contributed by atoms with Crippen molar-refractivity contribution in [1.82, 2.24) is 20.1 Å². The molecule has 6 heteroatoms. The molecule has 2 aromatic heterocycles. The fourth-order valence-corrected chi connectivity index (χ4v) is 3.51. The van der Waals surface area contributed by atoms with E-state index in [1.165, 1.54) is 5.69 Å². The van der Waals surface area contributed by atoms with Crippen LogP contribution in [0, 0.1) is 13.8 Å². The third-order valence-electron chi connectivity index (χ3n) is 3.66. The second-order valence-electron chi connectivity index (χ2n) is 5.00. The van der Waals surface area contributed by atoms with Gasteiger partial charge in [-0.1, -0.05) is 0 Å². The van der Waals surface area contributed by atoms with E-state index in [-0.39, 0.29) is 6.10 Å². The van der Waals surface area contributed by atoms with Crippen LogP contribution in [0.5, 0.6) is 0 Å². The number of morpholine rings is 1. The number of nitrogens with zero attached hydrogens (tertiary/aromatic N) is 3. The van der Waals surface area contributed by atoms with Crippen LogP contribution >= 0.6 is 11.3 Å². The number of ether oxygens (including phenoxy) is 1. The smallest absolute Gasteiger partial charge is 0.124 e. The minimum Gasteiger partial charge on any atom is -0.368 e. The van der Waals surface area contributed by atoms with Gasteiger partial charge in [-0.15, -0.1) is 11.3 Å². The first kappa shape index (κ1) is 13.7. The lowest BCUT2D eigenvalue weighted by atomic mass is 10.1. The molecule has 0 radical (unpaired) electrons. The van der Waals surface area contributed by atoms with Crippen LogP contribution in [0.15, 0.2) is 5.38 Å². The maximum absolute atomic E-state index is 5.76. The van der Waals surface area contributed by atoms with Gasteiger partial charge in [-0.3, -0.25) is 4.68 Å². The average molecular weight is 292 g/mol. The van der Waals surface area contributed by atoms with Gasteiger partial charge in [-0.2, -0.15) is 5.10 Å². The Kier molecular flexibility index (Phi) is 3.87. The molecule has 1 N–H and O–H groups in total. The number of aromatic nitrogens is 3. The lowest BCUT2D eigenvalue weighted by molar-refractivity contribution is 0.0276. The van der Waals surface area contributed by atoms with Gasteiger partial charge in [0.15, 0.2) is 0 Å². The Bertz CT molecular complexity index is 598. The van der Waals surface area contributed by atoms with E-state index >= 15 is 0 Å². The van der Waals surface area contributed by atoms with E-state index in [9.17, 15) is 0 Å². The third kappa shape index (κ3) is 2.39. The maximum Gasteiger partial charge on any atom is 0.124 e. The van der Waals surface area contributed by atoms with Crippen molar-refractivity contribution in [1.29, 1.82) is 0 Å². The summed E-state index contributed by atoms with van der Waals surface area (Å²) < 4.78 is 7.79. The molecular formula is C14H20N4OS. The molecule has 1 fully saturated rings. The largest absolute Gasteiger partial charge is 0.368 e. The quantitative estimate of drug-likeness (QED) is 0.943. The molecule has 1 unspecified atom stereocenters. The lowest BCUT2D eigenvalue weighted by Gasteiger charge is -2.21. The standard InChI is InChI=1S/C14H20N4OS/c1-4-18-10(3)13(9(2)17-18)11-8-20-14(16-11)12-7-15-5-6-19-12/h8,12,15H,4-7H2,1-3H3. The molecule has 0 bridgehead atoms. The zero-order chi connectivity index (χ0) is 14.1. The molecule has 0 saturated carbocycles. The summed E-state index contributed by atoms with van der Waals surface area (Å²) in [7, 11) is 0. The van der Waals surface area contributed by atoms with Crippen molar-refractivity contribution >= 4 is 11.3 Å². The summed E-state index contributed by atoms with van der Waals surface area (Å²) >= 11 is 1.67. The zero-order valence-electron chi connectivity index (χ0n) is 12.1. The van der Waals surface area contributed by atoms with Crippen molar-refractivity contribution in [2.24, 2.45) is 0 Å². The Morgan fingerprint density at radius 2 is 2.35 bits per heavy atom. The number of hydrogen-bond acceptors (Lipinski definition) is 5. The second kappa shape index (κ2) is 5.63. The van der Waals surface area contributed by atoms with Crippen LogP contribution in [0.1, 0.15) is 29.4 Å². The average Bonchev–Trinajstić information content (AvgIpc) is 3.04. The molecule has 0 aromatic carbocycles. The summed E-state index contributed by atoms with van der Waals surface area (Å²) in [5.74, 6) is 0. The highest BCUT2D eigenvalue weighted by atomic mass is 32.1. The summed E-state index contributed by atoms with van der Waals surface area (Å²) in [5.41, 5.74) is 4.42. The predicted molar refractivity (Wildman–Crippen MR) is 80.0 cm³/mol. The highest BCUT2D eigenvalue weighted by molar-refractivity contribution is 7.10. The van der Waals surface area contributed by atoms with Gasteiger partial charge < -0.3 is 10.1 Å². The van der Waals surface area contributed by atoms with Gasteiger partial charge in [0.25, 0.3) is 0 Å². The second-order valence-corrected chi connectivity index (χ2v) is 5.89. The number of hydrogen-bond donors (Lipinski definition) is 1. The number of nitrogens with one attached hydrogen (secondary N) is 1. The summed E-state index contributed by atoms with van der Waals surface area (Å²) in [6.07, 6.45) is 0.0873. The van der Waals surface area contributed by atoms with Crippen LogP contribution in [-0.4, -0.2) is 34.5 Å². The van der Waals surface area contributed by atoms with Crippen molar-refractivity contribution in [3.63, 3.8) is 0 Å². The molecule has 1 atom stereocenters. The van der Waals surface area contributed by atoms with Crippen LogP contribution in [-0.2, 0) is 11.3 Å². The van der Waals surface area contributed by atoms with Gasteiger partial charge in [-0.25, -0.2) is 4.98 Å². The van der Waals surface area contributed by atoms with Gasteiger partial charge in [0.2, 0.25) is 0 Å².